The highest BCUT2D eigenvalue weighted by molar-refractivity contribution is 5.79. The zero-order valence-corrected chi connectivity index (χ0v) is 10.9. The van der Waals surface area contributed by atoms with Crippen molar-refractivity contribution in [3.8, 4) is 0 Å². The van der Waals surface area contributed by atoms with Crippen LogP contribution in [0.25, 0.3) is 0 Å². The van der Waals surface area contributed by atoms with E-state index in [4.69, 9.17) is 5.73 Å². The van der Waals surface area contributed by atoms with Crippen LogP contribution in [0.15, 0.2) is 0 Å². The first-order valence-electron chi connectivity index (χ1n) is 6.45. The Hall–Kier alpha value is -0.570. The Kier molecular flexibility index (Phi) is 4.78. The molecule has 0 heterocycles. The van der Waals surface area contributed by atoms with Gasteiger partial charge in [-0.1, -0.05) is 40.0 Å². The fourth-order valence-corrected chi connectivity index (χ4v) is 2.28. The van der Waals surface area contributed by atoms with E-state index in [0.717, 1.165) is 12.8 Å². The molecule has 3 heteroatoms. The van der Waals surface area contributed by atoms with Crippen LogP contribution in [-0.4, -0.2) is 18.5 Å². The van der Waals surface area contributed by atoms with E-state index in [0.29, 0.717) is 6.54 Å². The largest absolute Gasteiger partial charge is 0.351 e. The third-order valence-corrected chi connectivity index (χ3v) is 3.57. The average molecular weight is 226 g/mol. The monoisotopic (exact) mass is 226 g/mol. The van der Waals surface area contributed by atoms with Crippen molar-refractivity contribution >= 4 is 5.91 Å². The standard InChI is InChI=1S/C13H26N2O/c1-13(2,3)11(9-14)15-12(16)10-7-5-4-6-8-10/h10-11H,4-9,14H2,1-3H3,(H,15,16). The Bertz CT molecular complexity index is 227. The summed E-state index contributed by atoms with van der Waals surface area (Å²) in [5.41, 5.74) is 5.76. The highest BCUT2D eigenvalue weighted by Gasteiger charge is 2.28. The van der Waals surface area contributed by atoms with Gasteiger partial charge in [0.2, 0.25) is 5.91 Å². The van der Waals surface area contributed by atoms with Gasteiger partial charge in [0.1, 0.15) is 0 Å². The van der Waals surface area contributed by atoms with Crippen molar-refractivity contribution in [2.24, 2.45) is 17.1 Å². The summed E-state index contributed by atoms with van der Waals surface area (Å²) in [6, 6.07) is 0.0851. The lowest BCUT2D eigenvalue weighted by Gasteiger charge is -2.32. The van der Waals surface area contributed by atoms with Crippen molar-refractivity contribution < 1.29 is 4.79 Å². The summed E-state index contributed by atoms with van der Waals surface area (Å²) in [5.74, 6) is 0.440. The quantitative estimate of drug-likeness (QED) is 0.774. The minimum Gasteiger partial charge on any atom is -0.351 e. The van der Waals surface area contributed by atoms with E-state index in [1.54, 1.807) is 0 Å². The molecular formula is C13H26N2O. The van der Waals surface area contributed by atoms with E-state index >= 15 is 0 Å². The maximum atomic E-state index is 12.0. The molecule has 1 atom stereocenters. The van der Waals surface area contributed by atoms with Gasteiger partial charge in [0.25, 0.3) is 0 Å². The van der Waals surface area contributed by atoms with Crippen molar-refractivity contribution in [2.75, 3.05) is 6.54 Å². The van der Waals surface area contributed by atoms with Gasteiger partial charge in [-0.3, -0.25) is 4.79 Å². The number of nitrogens with one attached hydrogen (secondary N) is 1. The number of carbonyl (C=O) groups is 1. The molecule has 0 radical (unpaired) electrons. The summed E-state index contributed by atoms with van der Waals surface area (Å²) in [4.78, 5) is 12.0. The van der Waals surface area contributed by atoms with Crippen LogP contribution in [0.2, 0.25) is 0 Å². The Balaban J connectivity index is 2.48. The Morgan fingerprint density at radius 1 is 1.31 bits per heavy atom. The maximum absolute atomic E-state index is 12.0. The number of rotatable bonds is 3. The van der Waals surface area contributed by atoms with Crippen molar-refractivity contribution in [1.82, 2.24) is 5.32 Å². The molecule has 1 aliphatic carbocycles. The van der Waals surface area contributed by atoms with E-state index in [9.17, 15) is 4.79 Å². The highest BCUT2D eigenvalue weighted by atomic mass is 16.1. The second-order valence-corrected chi connectivity index (χ2v) is 6.00. The van der Waals surface area contributed by atoms with Gasteiger partial charge in [-0.25, -0.2) is 0 Å². The Labute approximate surface area is 99.2 Å². The predicted molar refractivity (Wildman–Crippen MR) is 67.0 cm³/mol. The van der Waals surface area contributed by atoms with E-state index < -0.39 is 0 Å². The molecule has 0 bridgehead atoms. The second-order valence-electron chi connectivity index (χ2n) is 6.00. The van der Waals surface area contributed by atoms with Crippen LogP contribution in [-0.2, 0) is 4.79 Å². The zero-order chi connectivity index (χ0) is 12.2. The van der Waals surface area contributed by atoms with Crippen LogP contribution < -0.4 is 11.1 Å². The third-order valence-electron chi connectivity index (χ3n) is 3.57. The van der Waals surface area contributed by atoms with Crippen LogP contribution in [0.4, 0.5) is 0 Å². The molecule has 16 heavy (non-hydrogen) atoms. The summed E-state index contributed by atoms with van der Waals surface area (Å²) in [5, 5.41) is 3.11. The molecule has 0 spiro atoms. The molecule has 0 aromatic heterocycles. The summed E-state index contributed by atoms with van der Waals surface area (Å²) in [6.07, 6.45) is 5.77. The Morgan fingerprint density at radius 3 is 2.31 bits per heavy atom. The van der Waals surface area contributed by atoms with Gasteiger partial charge >= 0.3 is 0 Å². The summed E-state index contributed by atoms with van der Waals surface area (Å²) >= 11 is 0. The highest BCUT2D eigenvalue weighted by Crippen LogP contribution is 2.25. The van der Waals surface area contributed by atoms with Crippen molar-refractivity contribution in [2.45, 2.75) is 58.9 Å². The molecule has 0 aromatic carbocycles. The van der Waals surface area contributed by atoms with Crippen LogP contribution in [0.1, 0.15) is 52.9 Å². The Morgan fingerprint density at radius 2 is 1.88 bits per heavy atom. The van der Waals surface area contributed by atoms with Gasteiger partial charge in [-0.2, -0.15) is 0 Å². The lowest BCUT2D eigenvalue weighted by atomic mass is 9.84. The molecule has 0 aromatic rings. The number of hydrogen-bond acceptors (Lipinski definition) is 2. The average Bonchev–Trinajstić information content (AvgIpc) is 2.25. The van der Waals surface area contributed by atoms with Gasteiger partial charge in [-0.15, -0.1) is 0 Å². The SMILES string of the molecule is CC(C)(C)C(CN)NC(=O)C1CCCCC1. The van der Waals surface area contributed by atoms with Gasteiger partial charge in [0.15, 0.2) is 0 Å². The summed E-state index contributed by atoms with van der Waals surface area (Å²) in [7, 11) is 0. The molecular weight excluding hydrogens is 200 g/mol. The molecule has 0 aliphatic heterocycles. The topological polar surface area (TPSA) is 55.1 Å². The smallest absolute Gasteiger partial charge is 0.223 e. The van der Waals surface area contributed by atoms with Gasteiger partial charge in [0, 0.05) is 18.5 Å². The second kappa shape index (κ2) is 5.67. The molecule has 3 nitrogen and oxygen atoms in total. The number of hydrogen-bond donors (Lipinski definition) is 2. The predicted octanol–water partition coefficient (Wildman–Crippen LogP) is 2.06. The molecule has 1 amide bonds. The van der Waals surface area contributed by atoms with E-state index in [1.165, 1.54) is 19.3 Å². The first kappa shape index (κ1) is 13.5. The summed E-state index contributed by atoms with van der Waals surface area (Å²) in [6.45, 7) is 6.87. The fraction of sp³-hybridized carbons (Fsp3) is 0.923. The fourth-order valence-electron chi connectivity index (χ4n) is 2.28. The molecule has 1 fully saturated rings. The van der Waals surface area contributed by atoms with Crippen molar-refractivity contribution in [3.63, 3.8) is 0 Å². The molecule has 94 valence electrons. The van der Waals surface area contributed by atoms with Crippen molar-refractivity contribution in [1.29, 1.82) is 0 Å². The lowest BCUT2D eigenvalue weighted by molar-refractivity contribution is -0.127. The van der Waals surface area contributed by atoms with E-state index in [1.807, 2.05) is 0 Å². The number of nitrogens with two attached hydrogens (primary N) is 1. The van der Waals surface area contributed by atoms with E-state index in [2.05, 4.69) is 26.1 Å². The molecule has 1 rings (SSSR count). The van der Waals surface area contributed by atoms with Crippen molar-refractivity contribution in [3.05, 3.63) is 0 Å². The molecule has 1 saturated carbocycles. The first-order valence-corrected chi connectivity index (χ1v) is 6.45. The van der Waals surface area contributed by atoms with Gasteiger partial charge in [0.05, 0.1) is 0 Å². The minimum atomic E-state index is 0.0408. The zero-order valence-electron chi connectivity index (χ0n) is 10.9. The third kappa shape index (κ3) is 3.78. The minimum absolute atomic E-state index is 0.0408. The van der Waals surface area contributed by atoms with Crippen LogP contribution in [0.5, 0.6) is 0 Å². The normalized spacial score (nSPS) is 20.5. The number of carbonyl (C=O) groups excluding carboxylic acids is 1. The molecule has 3 N–H and O–H groups in total. The maximum Gasteiger partial charge on any atom is 0.223 e. The molecule has 1 aliphatic rings. The van der Waals surface area contributed by atoms with E-state index in [-0.39, 0.29) is 23.3 Å². The number of amides is 1. The van der Waals surface area contributed by atoms with Crippen LogP contribution in [0.3, 0.4) is 0 Å². The first-order chi connectivity index (χ1) is 7.45. The molecule has 1 unspecified atom stereocenters. The van der Waals surface area contributed by atoms with Gasteiger partial charge in [-0.05, 0) is 18.3 Å². The summed E-state index contributed by atoms with van der Waals surface area (Å²) < 4.78 is 0. The van der Waals surface area contributed by atoms with Crippen LogP contribution in [0, 0.1) is 11.3 Å². The molecule has 0 saturated heterocycles. The van der Waals surface area contributed by atoms with Crippen LogP contribution >= 0.6 is 0 Å². The lowest BCUT2D eigenvalue weighted by Crippen LogP contribution is -2.50. The van der Waals surface area contributed by atoms with Gasteiger partial charge < -0.3 is 11.1 Å².